The zero-order valence-electron chi connectivity index (χ0n) is 19.8. The lowest BCUT2D eigenvalue weighted by Crippen LogP contribution is -2.34. The summed E-state index contributed by atoms with van der Waals surface area (Å²) in [6, 6.07) is 7.47. The first-order valence-electron chi connectivity index (χ1n) is 11.5. The first kappa shape index (κ1) is 23.7. The van der Waals surface area contributed by atoms with Crippen LogP contribution < -0.4 is 24.3 Å². The Labute approximate surface area is 199 Å². The van der Waals surface area contributed by atoms with E-state index in [1.807, 2.05) is 18.2 Å². The van der Waals surface area contributed by atoms with Crippen molar-refractivity contribution in [2.75, 3.05) is 39.7 Å². The van der Waals surface area contributed by atoms with Crippen LogP contribution in [0.25, 0.3) is 0 Å². The molecule has 2 aliphatic rings. The fraction of sp³-hybridized carbons (Fsp3) is 0.480. The maximum atomic E-state index is 12.7. The van der Waals surface area contributed by atoms with Crippen molar-refractivity contribution in [1.82, 2.24) is 9.88 Å². The third-order valence-electron chi connectivity index (χ3n) is 6.35. The highest BCUT2D eigenvalue weighted by molar-refractivity contribution is 5.95. The summed E-state index contributed by atoms with van der Waals surface area (Å²) in [6.07, 6.45) is 6.51. The van der Waals surface area contributed by atoms with E-state index >= 15 is 0 Å². The van der Waals surface area contributed by atoms with Crippen molar-refractivity contribution in [3.05, 3.63) is 36.0 Å². The smallest absolute Gasteiger partial charge is 0.245 e. The summed E-state index contributed by atoms with van der Waals surface area (Å²) >= 11 is 0. The predicted octanol–water partition coefficient (Wildman–Crippen LogP) is 3.38. The SMILES string of the molecule is COc1ccc(C2CC(=O)N(CC(=O)Nc3nccc(OC)c3OC)C2)cc1OC1CCCC1. The number of ether oxygens (including phenoxy) is 4. The zero-order valence-corrected chi connectivity index (χ0v) is 19.8. The van der Waals surface area contributed by atoms with Gasteiger partial charge >= 0.3 is 0 Å². The quantitative estimate of drug-likeness (QED) is 0.601. The number of nitrogens with one attached hydrogen (secondary N) is 1. The number of nitrogens with zero attached hydrogens (tertiary/aromatic N) is 2. The molecule has 2 heterocycles. The molecule has 9 nitrogen and oxygen atoms in total. The Morgan fingerprint density at radius 3 is 2.53 bits per heavy atom. The Morgan fingerprint density at radius 2 is 1.82 bits per heavy atom. The first-order valence-corrected chi connectivity index (χ1v) is 11.5. The minimum atomic E-state index is -0.354. The average molecular weight is 470 g/mol. The van der Waals surface area contributed by atoms with Crippen molar-refractivity contribution in [2.45, 2.75) is 44.1 Å². The summed E-state index contributed by atoms with van der Waals surface area (Å²) in [5.41, 5.74) is 1.00. The molecule has 9 heteroatoms. The number of anilines is 1. The highest BCUT2D eigenvalue weighted by Gasteiger charge is 2.33. The van der Waals surface area contributed by atoms with Gasteiger partial charge in [0.1, 0.15) is 0 Å². The molecule has 0 radical (unpaired) electrons. The van der Waals surface area contributed by atoms with E-state index in [4.69, 9.17) is 18.9 Å². The first-order chi connectivity index (χ1) is 16.5. The van der Waals surface area contributed by atoms with Crippen molar-refractivity contribution < 1.29 is 28.5 Å². The van der Waals surface area contributed by atoms with Crippen LogP contribution in [0, 0.1) is 0 Å². The molecular formula is C25H31N3O6. The van der Waals surface area contributed by atoms with Crippen molar-refractivity contribution in [3.63, 3.8) is 0 Å². The Kier molecular flexibility index (Phi) is 7.40. The number of likely N-dealkylation sites (tertiary alicyclic amines) is 1. The van der Waals surface area contributed by atoms with Gasteiger partial charge in [0.05, 0.1) is 34.0 Å². The second-order valence-electron chi connectivity index (χ2n) is 8.55. The van der Waals surface area contributed by atoms with Crippen LogP contribution in [0.1, 0.15) is 43.6 Å². The van der Waals surface area contributed by atoms with E-state index in [1.165, 1.54) is 33.3 Å². The molecule has 0 bridgehead atoms. The van der Waals surface area contributed by atoms with Gasteiger partial charge in [0.2, 0.25) is 17.6 Å². The van der Waals surface area contributed by atoms with Crippen LogP contribution >= 0.6 is 0 Å². The number of carbonyl (C=O) groups excluding carboxylic acids is 2. The van der Waals surface area contributed by atoms with E-state index in [0.29, 0.717) is 36.0 Å². The highest BCUT2D eigenvalue weighted by atomic mass is 16.5. The molecule has 1 aliphatic heterocycles. The summed E-state index contributed by atoms with van der Waals surface area (Å²) in [7, 11) is 4.61. The van der Waals surface area contributed by atoms with E-state index in [-0.39, 0.29) is 36.2 Å². The second kappa shape index (κ2) is 10.6. The van der Waals surface area contributed by atoms with Crippen molar-refractivity contribution in [3.8, 4) is 23.0 Å². The van der Waals surface area contributed by atoms with Gasteiger partial charge in [-0.3, -0.25) is 9.59 Å². The molecule has 1 aromatic heterocycles. The van der Waals surface area contributed by atoms with Crippen LogP contribution in [0.4, 0.5) is 5.82 Å². The topological polar surface area (TPSA) is 99.2 Å². The number of rotatable bonds is 9. The molecule has 1 atom stereocenters. The minimum absolute atomic E-state index is 0.0263. The van der Waals surface area contributed by atoms with Crippen molar-refractivity contribution in [2.24, 2.45) is 0 Å². The van der Waals surface area contributed by atoms with Gasteiger partial charge in [0, 0.05) is 31.1 Å². The van der Waals surface area contributed by atoms with Crippen LogP contribution in [0.3, 0.4) is 0 Å². The number of hydrogen-bond donors (Lipinski definition) is 1. The molecule has 1 aliphatic carbocycles. The Balaban J connectivity index is 1.42. The summed E-state index contributed by atoms with van der Waals surface area (Å²) in [5.74, 6) is 1.99. The Bertz CT molecular complexity index is 1040. The number of benzene rings is 1. The fourth-order valence-electron chi connectivity index (χ4n) is 4.60. The molecule has 4 rings (SSSR count). The van der Waals surface area contributed by atoms with Crippen LogP contribution in [-0.4, -0.2) is 62.2 Å². The maximum absolute atomic E-state index is 12.7. The van der Waals surface area contributed by atoms with E-state index in [9.17, 15) is 9.59 Å². The monoisotopic (exact) mass is 469 g/mol. The lowest BCUT2D eigenvalue weighted by Gasteiger charge is -2.19. The molecule has 2 aromatic rings. The van der Waals surface area contributed by atoms with Gasteiger partial charge in [-0.1, -0.05) is 6.07 Å². The number of amides is 2. The van der Waals surface area contributed by atoms with E-state index in [0.717, 1.165) is 18.4 Å². The summed E-state index contributed by atoms with van der Waals surface area (Å²) in [6.45, 7) is 0.378. The molecule has 1 saturated heterocycles. The number of hydrogen-bond acceptors (Lipinski definition) is 7. The third kappa shape index (κ3) is 5.18. The molecule has 2 fully saturated rings. The minimum Gasteiger partial charge on any atom is -0.493 e. The average Bonchev–Trinajstić information content (AvgIpc) is 3.48. The van der Waals surface area contributed by atoms with E-state index in [1.54, 1.807) is 18.1 Å². The molecule has 1 saturated carbocycles. The van der Waals surface area contributed by atoms with Crippen LogP contribution in [0.2, 0.25) is 0 Å². The van der Waals surface area contributed by atoms with Crippen molar-refractivity contribution in [1.29, 1.82) is 0 Å². The van der Waals surface area contributed by atoms with Crippen LogP contribution in [0.5, 0.6) is 23.0 Å². The van der Waals surface area contributed by atoms with Gasteiger partial charge in [-0.15, -0.1) is 0 Å². The second-order valence-corrected chi connectivity index (χ2v) is 8.55. The summed E-state index contributed by atoms with van der Waals surface area (Å²) in [4.78, 5) is 31.1. The molecule has 0 spiro atoms. The Morgan fingerprint density at radius 1 is 1.06 bits per heavy atom. The van der Waals surface area contributed by atoms with Crippen molar-refractivity contribution >= 4 is 17.6 Å². The van der Waals surface area contributed by atoms with Gasteiger partial charge < -0.3 is 29.2 Å². The van der Waals surface area contributed by atoms with Gasteiger partial charge in [-0.05, 0) is 43.4 Å². The number of pyridine rings is 1. The van der Waals surface area contributed by atoms with Gasteiger partial charge in [-0.25, -0.2) is 4.98 Å². The molecule has 182 valence electrons. The molecule has 1 unspecified atom stereocenters. The lowest BCUT2D eigenvalue weighted by molar-refractivity contribution is -0.131. The standard InChI is InChI=1S/C25H31N3O6/c1-31-19-9-8-16(12-21(19)34-18-6-4-5-7-18)17-13-23(30)28(14-17)15-22(29)27-25-24(33-3)20(32-2)10-11-26-25/h8-12,17-18H,4-7,13-15H2,1-3H3,(H,26,27,29). The van der Waals surface area contributed by atoms with E-state index < -0.39 is 0 Å². The van der Waals surface area contributed by atoms with Gasteiger partial charge in [-0.2, -0.15) is 0 Å². The number of methoxy groups -OCH3 is 3. The normalized spacial score (nSPS) is 18.1. The van der Waals surface area contributed by atoms with Crippen LogP contribution in [0.15, 0.2) is 30.5 Å². The van der Waals surface area contributed by atoms with Gasteiger partial charge in [0.15, 0.2) is 23.1 Å². The fourth-order valence-corrected chi connectivity index (χ4v) is 4.60. The summed E-state index contributed by atoms with van der Waals surface area (Å²) < 4.78 is 22.2. The Hall–Kier alpha value is -3.49. The lowest BCUT2D eigenvalue weighted by atomic mass is 9.98. The molecular weight excluding hydrogens is 438 g/mol. The maximum Gasteiger partial charge on any atom is 0.245 e. The van der Waals surface area contributed by atoms with E-state index in [2.05, 4.69) is 10.3 Å². The molecule has 1 N–H and O–H groups in total. The number of carbonyl (C=O) groups is 2. The largest absolute Gasteiger partial charge is 0.493 e. The third-order valence-corrected chi connectivity index (χ3v) is 6.35. The number of aromatic nitrogens is 1. The molecule has 34 heavy (non-hydrogen) atoms. The van der Waals surface area contributed by atoms with Crippen LogP contribution in [-0.2, 0) is 9.59 Å². The molecule has 1 aromatic carbocycles. The van der Waals surface area contributed by atoms with Gasteiger partial charge in [0.25, 0.3) is 0 Å². The summed E-state index contributed by atoms with van der Waals surface area (Å²) in [5, 5.41) is 2.72. The molecule has 2 amide bonds. The predicted molar refractivity (Wildman–Crippen MR) is 126 cm³/mol. The highest BCUT2D eigenvalue weighted by Crippen LogP contribution is 2.37. The zero-order chi connectivity index (χ0) is 24.1.